The molecule has 2 aliphatic rings. The molecule has 168 valence electrons. The molecule has 0 N–H and O–H groups in total. The van der Waals surface area contributed by atoms with E-state index in [0.29, 0.717) is 36.0 Å². The van der Waals surface area contributed by atoms with E-state index in [2.05, 4.69) is 4.90 Å². The summed E-state index contributed by atoms with van der Waals surface area (Å²) in [5.74, 6) is 3.04. The molecule has 0 atom stereocenters. The average molecular weight is 462 g/mol. The number of carbonyl (C=O) groups is 1. The number of nitrogens with zero attached hydrogens (tertiary/aromatic N) is 3. The highest BCUT2D eigenvalue weighted by Crippen LogP contribution is 2.39. The molecule has 2 aliphatic heterocycles. The summed E-state index contributed by atoms with van der Waals surface area (Å²) in [6.45, 7) is 2.73. The normalized spacial score (nSPS) is 15.4. The van der Waals surface area contributed by atoms with E-state index in [0.717, 1.165) is 41.6 Å². The first-order chi connectivity index (χ1) is 16.1. The summed E-state index contributed by atoms with van der Waals surface area (Å²) < 4.78 is 11.7. The van der Waals surface area contributed by atoms with Crippen LogP contribution in [-0.2, 0) is 0 Å². The van der Waals surface area contributed by atoms with Gasteiger partial charge in [-0.3, -0.25) is 4.79 Å². The van der Waals surface area contributed by atoms with Crippen LogP contribution in [0, 0.1) is 0 Å². The Bertz CT molecular complexity index is 1210. The van der Waals surface area contributed by atoms with Gasteiger partial charge in [0.15, 0.2) is 5.75 Å². The molecule has 0 radical (unpaired) electrons. The second kappa shape index (κ2) is 9.16. The molecule has 0 aliphatic carbocycles. The number of amidine groups is 1. The number of hydrogen-bond acceptors (Lipinski definition) is 5. The number of hydrogen-bond donors (Lipinski definition) is 0. The minimum absolute atomic E-state index is 0.0204. The van der Waals surface area contributed by atoms with E-state index in [1.807, 2.05) is 47.4 Å². The Hall–Kier alpha value is -3.51. The van der Waals surface area contributed by atoms with Crippen LogP contribution < -0.4 is 9.47 Å². The van der Waals surface area contributed by atoms with E-state index in [9.17, 15) is 4.79 Å². The first-order valence-electron chi connectivity index (χ1n) is 11.0. The maximum absolute atomic E-state index is 13.0. The van der Waals surface area contributed by atoms with E-state index in [1.165, 1.54) is 0 Å². The Morgan fingerprint density at radius 3 is 2.61 bits per heavy atom. The highest BCUT2D eigenvalue weighted by atomic mass is 35.5. The number of halogens is 1. The van der Waals surface area contributed by atoms with E-state index in [4.69, 9.17) is 26.1 Å². The van der Waals surface area contributed by atoms with Crippen molar-refractivity contribution in [3.63, 3.8) is 0 Å². The Morgan fingerprint density at radius 1 is 0.970 bits per heavy atom. The predicted molar refractivity (Wildman–Crippen MR) is 129 cm³/mol. The largest absolute Gasteiger partial charge is 0.497 e. The second-order valence-electron chi connectivity index (χ2n) is 8.01. The zero-order valence-corrected chi connectivity index (χ0v) is 19.1. The fourth-order valence-electron chi connectivity index (χ4n) is 4.18. The Labute approximate surface area is 198 Å². The zero-order valence-electron chi connectivity index (χ0n) is 18.3. The third-order valence-corrected chi connectivity index (χ3v) is 6.16. The predicted octanol–water partition coefficient (Wildman–Crippen LogP) is 5.38. The molecule has 2 heterocycles. The third-order valence-electron chi connectivity index (χ3n) is 5.91. The molecule has 1 fully saturated rings. The molecule has 5 rings (SSSR count). The fourth-order valence-corrected chi connectivity index (χ4v) is 4.30. The van der Waals surface area contributed by atoms with Crippen LogP contribution in [0.1, 0.15) is 22.3 Å². The van der Waals surface area contributed by atoms with Gasteiger partial charge in [0, 0.05) is 36.8 Å². The summed E-state index contributed by atoms with van der Waals surface area (Å²) in [5.41, 5.74) is 2.31. The molecule has 1 saturated heterocycles. The fraction of sp³-hybridized carbons (Fsp3) is 0.231. The molecule has 7 heteroatoms. The van der Waals surface area contributed by atoms with Gasteiger partial charge in [-0.1, -0.05) is 23.7 Å². The number of ether oxygens (including phenoxy) is 2. The zero-order chi connectivity index (χ0) is 22.8. The van der Waals surface area contributed by atoms with Crippen LogP contribution in [0.3, 0.4) is 0 Å². The molecular weight excluding hydrogens is 438 g/mol. The van der Waals surface area contributed by atoms with Crippen LogP contribution in [0.15, 0.2) is 71.7 Å². The van der Waals surface area contributed by atoms with E-state index < -0.39 is 0 Å². The van der Waals surface area contributed by atoms with Gasteiger partial charge in [-0.05, 0) is 61.0 Å². The number of aliphatic imine (C=N–C) groups is 1. The lowest BCUT2D eigenvalue weighted by Gasteiger charge is -2.25. The standard InChI is InChI=1S/C26H24ClN3O3/c1-32-20-11-12-23-21(17-20)25(28-22-5-2-3-6-24(22)33-23)29-13-4-14-30(16-15-29)26(31)18-7-9-19(27)10-8-18/h2-3,5-12,17H,4,13-16H2,1H3. The smallest absolute Gasteiger partial charge is 0.253 e. The molecule has 0 unspecified atom stereocenters. The van der Waals surface area contributed by atoms with Gasteiger partial charge in [0.05, 0.1) is 12.7 Å². The van der Waals surface area contributed by atoms with Crippen molar-refractivity contribution in [2.45, 2.75) is 6.42 Å². The average Bonchev–Trinajstić information content (AvgIpc) is 3.18. The lowest BCUT2D eigenvalue weighted by atomic mass is 10.1. The van der Waals surface area contributed by atoms with Gasteiger partial charge in [-0.25, -0.2) is 4.99 Å². The topological polar surface area (TPSA) is 54.4 Å². The van der Waals surface area contributed by atoms with Crippen molar-refractivity contribution >= 4 is 29.0 Å². The minimum atomic E-state index is 0.0204. The van der Waals surface area contributed by atoms with E-state index in [-0.39, 0.29) is 5.91 Å². The summed E-state index contributed by atoms with van der Waals surface area (Å²) in [6, 6.07) is 20.6. The van der Waals surface area contributed by atoms with Crippen molar-refractivity contribution in [2.75, 3.05) is 33.3 Å². The highest BCUT2D eigenvalue weighted by molar-refractivity contribution is 6.30. The molecule has 0 aromatic heterocycles. The van der Waals surface area contributed by atoms with Gasteiger partial charge in [0.1, 0.15) is 23.0 Å². The maximum Gasteiger partial charge on any atom is 0.253 e. The van der Waals surface area contributed by atoms with Crippen molar-refractivity contribution in [1.29, 1.82) is 0 Å². The highest BCUT2D eigenvalue weighted by Gasteiger charge is 2.27. The first kappa shape index (κ1) is 21.3. The van der Waals surface area contributed by atoms with Gasteiger partial charge in [-0.15, -0.1) is 0 Å². The Balaban J connectivity index is 1.45. The number of benzene rings is 3. The van der Waals surface area contributed by atoms with Crippen molar-refractivity contribution in [3.05, 3.63) is 82.9 Å². The van der Waals surface area contributed by atoms with Crippen molar-refractivity contribution in [3.8, 4) is 17.2 Å². The lowest BCUT2D eigenvalue weighted by Crippen LogP contribution is -2.37. The molecular formula is C26H24ClN3O3. The van der Waals surface area contributed by atoms with Crippen molar-refractivity contribution in [2.24, 2.45) is 4.99 Å². The summed E-state index contributed by atoms with van der Waals surface area (Å²) in [6.07, 6.45) is 0.833. The number of fused-ring (bicyclic) bond motifs is 2. The van der Waals surface area contributed by atoms with Crippen LogP contribution in [-0.4, -0.2) is 54.8 Å². The number of para-hydroxylation sites is 2. The van der Waals surface area contributed by atoms with E-state index in [1.54, 1.807) is 31.4 Å². The number of methoxy groups -OCH3 is 1. The van der Waals surface area contributed by atoms with E-state index >= 15 is 0 Å². The molecule has 1 amide bonds. The maximum atomic E-state index is 13.0. The Kier molecular flexibility index (Phi) is 5.92. The van der Waals surface area contributed by atoms with Gasteiger partial charge in [-0.2, -0.15) is 0 Å². The number of carbonyl (C=O) groups excluding carboxylic acids is 1. The molecule has 33 heavy (non-hydrogen) atoms. The molecule has 3 aromatic carbocycles. The van der Waals surface area contributed by atoms with Crippen LogP contribution in [0.5, 0.6) is 17.2 Å². The summed E-state index contributed by atoms with van der Waals surface area (Å²) in [4.78, 5) is 22.2. The molecule has 0 bridgehead atoms. The van der Waals surface area contributed by atoms with Crippen molar-refractivity contribution in [1.82, 2.24) is 9.80 Å². The summed E-state index contributed by atoms with van der Waals surface area (Å²) >= 11 is 5.98. The lowest BCUT2D eigenvalue weighted by molar-refractivity contribution is 0.0764. The first-order valence-corrected chi connectivity index (χ1v) is 11.3. The Morgan fingerprint density at radius 2 is 1.79 bits per heavy atom. The molecule has 0 spiro atoms. The van der Waals surface area contributed by atoms with Crippen molar-refractivity contribution < 1.29 is 14.3 Å². The van der Waals surface area contributed by atoms with Crippen LogP contribution in [0.25, 0.3) is 0 Å². The molecule has 6 nitrogen and oxygen atoms in total. The minimum Gasteiger partial charge on any atom is -0.497 e. The third kappa shape index (κ3) is 4.39. The van der Waals surface area contributed by atoms with Gasteiger partial charge in [0.2, 0.25) is 0 Å². The second-order valence-corrected chi connectivity index (χ2v) is 8.44. The number of rotatable bonds is 2. The van der Waals surface area contributed by atoms with Crippen LogP contribution >= 0.6 is 11.6 Å². The summed E-state index contributed by atoms with van der Waals surface area (Å²) in [5, 5.41) is 0.622. The monoisotopic (exact) mass is 461 g/mol. The quantitative estimate of drug-likeness (QED) is 0.514. The SMILES string of the molecule is COc1ccc2c(c1)C(N1CCCN(C(=O)c3ccc(Cl)cc3)CC1)=Nc1ccccc1O2. The van der Waals surface area contributed by atoms with Gasteiger partial charge in [0.25, 0.3) is 5.91 Å². The molecule has 0 saturated carbocycles. The van der Waals surface area contributed by atoms with Crippen LogP contribution in [0.2, 0.25) is 5.02 Å². The van der Waals surface area contributed by atoms with Crippen LogP contribution in [0.4, 0.5) is 5.69 Å². The molecule has 3 aromatic rings. The number of amides is 1. The summed E-state index contributed by atoms with van der Waals surface area (Å²) in [7, 11) is 1.65. The van der Waals surface area contributed by atoms with Gasteiger partial charge < -0.3 is 19.3 Å². The van der Waals surface area contributed by atoms with Gasteiger partial charge >= 0.3 is 0 Å².